The second kappa shape index (κ2) is 3.90. The van der Waals surface area contributed by atoms with Crippen LogP contribution in [-0.2, 0) is 4.79 Å². The van der Waals surface area contributed by atoms with Crippen molar-refractivity contribution in [1.29, 1.82) is 0 Å². The molecule has 1 amide bonds. The van der Waals surface area contributed by atoms with Crippen LogP contribution in [0, 0.1) is 5.92 Å². The van der Waals surface area contributed by atoms with Gasteiger partial charge in [0.15, 0.2) is 0 Å². The molecule has 80 valence electrons. The summed E-state index contributed by atoms with van der Waals surface area (Å²) in [5.74, 6) is 0.613. The third-order valence-electron chi connectivity index (χ3n) is 2.54. The SMILES string of the molecule is COc1ccccc1NC(=O)C1CC1N. The van der Waals surface area contributed by atoms with E-state index in [-0.39, 0.29) is 17.9 Å². The monoisotopic (exact) mass is 206 g/mol. The molecule has 2 rings (SSSR count). The summed E-state index contributed by atoms with van der Waals surface area (Å²) in [7, 11) is 1.58. The van der Waals surface area contributed by atoms with E-state index in [4.69, 9.17) is 10.5 Å². The molecule has 1 saturated carbocycles. The molecule has 0 aliphatic heterocycles. The van der Waals surface area contributed by atoms with Crippen molar-refractivity contribution in [2.24, 2.45) is 11.7 Å². The van der Waals surface area contributed by atoms with Gasteiger partial charge in [-0.25, -0.2) is 0 Å². The van der Waals surface area contributed by atoms with Gasteiger partial charge in [0.2, 0.25) is 5.91 Å². The molecular formula is C11H14N2O2. The number of carbonyl (C=O) groups is 1. The van der Waals surface area contributed by atoms with E-state index in [2.05, 4.69) is 5.32 Å². The maximum absolute atomic E-state index is 11.6. The number of nitrogens with two attached hydrogens (primary N) is 1. The van der Waals surface area contributed by atoms with Crippen LogP contribution < -0.4 is 15.8 Å². The van der Waals surface area contributed by atoms with Gasteiger partial charge in [-0.3, -0.25) is 4.79 Å². The van der Waals surface area contributed by atoms with Gasteiger partial charge in [0.25, 0.3) is 0 Å². The molecule has 0 spiro atoms. The molecule has 1 aromatic carbocycles. The summed E-state index contributed by atoms with van der Waals surface area (Å²) in [6.45, 7) is 0. The van der Waals surface area contributed by atoms with Gasteiger partial charge >= 0.3 is 0 Å². The van der Waals surface area contributed by atoms with Gasteiger partial charge in [-0.2, -0.15) is 0 Å². The lowest BCUT2D eigenvalue weighted by Gasteiger charge is -2.09. The zero-order chi connectivity index (χ0) is 10.8. The molecule has 3 N–H and O–H groups in total. The molecule has 2 atom stereocenters. The van der Waals surface area contributed by atoms with Crippen molar-refractivity contribution in [3.8, 4) is 5.75 Å². The third-order valence-corrected chi connectivity index (χ3v) is 2.54. The largest absolute Gasteiger partial charge is 0.495 e. The number of amides is 1. The Balaban J connectivity index is 2.06. The molecule has 4 heteroatoms. The fourth-order valence-corrected chi connectivity index (χ4v) is 1.49. The van der Waals surface area contributed by atoms with E-state index in [9.17, 15) is 4.79 Å². The molecule has 0 heterocycles. The van der Waals surface area contributed by atoms with Gasteiger partial charge in [0.1, 0.15) is 5.75 Å². The number of ether oxygens (including phenoxy) is 1. The maximum atomic E-state index is 11.6. The van der Waals surface area contributed by atoms with E-state index in [0.717, 1.165) is 6.42 Å². The topological polar surface area (TPSA) is 64.3 Å². The molecule has 15 heavy (non-hydrogen) atoms. The van der Waals surface area contributed by atoms with Gasteiger partial charge in [0, 0.05) is 6.04 Å². The summed E-state index contributed by atoms with van der Waals surface area (Å²) in [6, 6.07) is 7.36. The minimum atomic E-state index is -0.0325. The molecule has 0 bridgehead atoms. The van der Waals surface area contributed by atoms with E-state index >= 15 is 0 Å². The number of para-hydroxylation sites is 2. The predicted octanol–water partition coefficient (Wildman–Crippen LogP) is 0.981. The van der Waals surface area contributed by atoms with Crippen LogP contribution in [0.5, 0.6) is 5.75 Å². The maximum Gasteiger partial charge on any atom is 0.229 e. The Morgan fingerprint density at radius 3 is 2.80 bits per heavy atom. The van der Waals surface area contributed by atoms with Crippen molar-refractivity contribution < 1.29 is 9.53 Å². The Bertz CT molecular complexity index is 379. The number of hydrogen-bond acceptors (Lipinski definition) is 3. The zero-order valence-corrected chi connectivity index (χ0v) is 8.57. The summed E-state index contributed by atoms with van der Waals surface area (Å²) in [6.07, 6.45) is 0.779. The highest BCUT2D eigenvalue weighted by molar-refractivity contribution is 5.96. The highest BCUT2D eigenvalue weighted by Crippen LogP contribution is 2.31. The van der Waals surface area contributed by atoms with Crippen molar-refractivity contribution in [2.75, 3.05) is 12.4 Å². The highest BCUT2D eigenvalue weighted by atomic mass is 16.5. The molecule has 0 radical (unpaired) electrons. The molecule has 0 saturated heterocycles. The summed E-state index contributed by atoms with van der Waals surface area (Å²) in [4.78, 5) is 11.6. The van der Waals surface area contributed by atoms with Gasteiger partial charge < -0.3 is 15.8 Å². The fourth-order valence-electron chi connectivity index (χ4n) is 1.49. The average Bonchev–Trinajstić information content (AvgIpc) is 2.96. The normalized spacial score (nSPS) is 23.3. The summed E-state index contributed by atoms with van der Waals surface area (Å²) in [5.41, 5.74) is 6.30. The lowest BCUT2D eigenvalue weighted by Crippen LogP contribution is -2.18. The predicted molar refractivity (Wildman–Crippen MR) is 57.7 cm³/mol. The molecule has 1 aromatic rings. The quantitative estimate of drug-likeness (QED) is 0.774. The van der Waals surface area contributed by atoms with Crippen LogP contribution in [0.4, 0.5) is 5.69 Å². The van der Waals surface area contributed by atoms with Crippen molar-refractivity contribution in [3.05, 3.63) is 24.3 Å². The van der Waals surface area contributed by atoms with Crippen LogP contribution in [0.3, 0.4) is 0 Å². The summed E-state index contributed by atoms with van der Waals surface area (Å²) >= 11 is 0. The number of hydrogen-bond donors (Lipinski definition) is 2. The van der Waals surface area contributed by atoms with E-state index in [0.29, 0.717) is 11.4 Å². The Morgan fingerprint density at radius 2 is 2.20 bits per heavy atom. The fraction of sp³-hybridized carbons (Fsp3) is 0.364. The van der Waals surface area contributed by atoms with Gasteiger partial charge in [-0.1, -0.05) is 12.1 Å². The molecule has 1 fully saturated rings. The first kappa shape index (κ1) is 9.98. The number of carbonyl (C=O) groups excluding carboxylic acids is 1. The van der Waals surface area contributed by atoms with Gasteiger partial charge in [0.05, 0.1) is 18.7 Å². The van der Waals surface area contributed by atoms with Crippen LogP contribution in [0.2, 0.25) is 0 Å². The van der Waals surface area contributed by atoms with Gasteiger partial charge in [-0.15, -0.1) is 0 Å². The summed E-state index contributed by atoms with van der Waals surface area (Å²) < 4.78 is 5.13. The number of benzene rings is 1. The molecule has 2 unspecified atom stereocenters. The Kier molecular flexibility index (Phi) is 2.60. The first-order chi connectivity index (χ1) is 7.22. The first-order valence-corrected chi connectivity index (χ1v) is 4.92. The first-order valence-electron chi connectivity index (χ1n) is 4.92. The molecule has 4 nitrogen and oxygen atoms in total. The Labute approximate surface area is 88.4 Å². The molecular weight excluding hydrogens is 192 g/mol. The standard InChI is InChI=1S/C11H14N2O2/c1-15-10-5-3-2-4-9(10)13-11(14)7-6-8(7)12/h2-5,7-8H,6,12H2,1H3,(H,13,14). The average molecular weight is 206 g/mol. The number of nitrogens with one attached hydrogen (secondary N) is 1. The van der Waals surface area contributed by atoms with Crippen LogP contribution in [-0.4, -0.2) is 19.1 Å². The number of rotatable bonds is 3. The van der Waals surface area contributed by atoms with Crippen LogP contribution >= 0.6 is 0 Å². The minimum absolute atomic E-state index is 0.0213. The smallest absolute Gasteiger partial charge is 0.229 e. The second-order valence-electron chi connectivity index (χ2n) is 3.70. The van der Waals surface area contributed by atoms with Crippen molar-refractivity contribution in [3.63, 3.8) is 0 Å². The number of anilines is 1. The Hall–Kier alpha value is -1.55. The third kappa shape index (κ3) is 2.10. The lowest BCUT2D eigenvalue weighted by atomic mass is 10.2. The summed E-state index contributed by atoms with van der Waals surface area (Å²) in [5, 5.41) is 2.81. The van der Waals surface area contributed by atoms with Crippen LogP contribution in [0.25, 0.3) is 0 Å². The molecule has 0 aromatic heterocycles. The van der Waals surface area contributed by atoms with E-state index < -0.39 is 0 Å². The van der Waals surface area contributed by atoms with E-state index in [1.165, 1.54) is 0 Å². The van der Waals surface area contributed by atoms with Crippen molar-refractivity contribution in [1.82, 2.24) is 0 Å². The van der Waals surface area contributed by atoms with Crippen LogP contribution in [0.1, 0.15) is 6.42 Å². The van der Waals surface area contributed by atoms with Crippen molar-refractivity contribution >= 4 is 11.6 Å². The minimum Gasteiger partial charge on any atom is -0.495 e. The lowest BCUT2D eigenvalue weighted by molar-refractivity contribution is -0.117. The van der Waals surface area contributed by atoms with E-state index in [1.807, 2.05) is 24.3 Å². The molecule has 1 aliphatic rings. The second-order valence-corrected chi connectivity index (χ2v) is 3.70. The van der Waals surface area contributed by atoms with E-state index in [1.54, 1.807) is 7.11 Å². The molecule has 1 aliphatic carbocycles. The highest BCUT2D eigenvalue weighted by Gasteiger charge is 2.40. The van der Waals surface area contributed by atoms with Crippen LogP contribution in [0.15, 0.2) is 24.3 Å². The Morgan fingerprint density at radius 1 is 1.53 bits per heavy atom. The zero-order valence-electron chi connectivity index (χ0n) is 8.57. The number of methoxy groups -OCH3 is 1. The van der Waals surface area contributed by atoms with Crippen molar-refractivity contribution in [2.45, 2.75) is 12.5 Å². The van der Waals surface area contributed by atoms with Gasteiger partial charge in [-0.05, 0) is 18.6 Å².